The molecule has 1 unspecified atom stereocenters. The van der Waals surface area contributed by atoms with Crippen molar-refractivity contribution in [1.29, 1.82) is 0 Å². The third-order valence-electron chi connectivity index (χ3n) is 6.12. The molecule has 1 fully saturated rings. The summed E-state index contributed by atoms with van der Waals surface area (Å²) in [6, 6.07) is 4.01. The molecule has 1 saturated heterocycles. The van der Waals surface area contributed by atoms with E-state index in [-0.39, 0.29) is 11.3 Å². The van der Waals surface area contributed by atoms with E-state index in [1.54, 1.807) is 10.7 Å². The number of aryl methyl sites for hydroxylation is 3. The van der Waals surface area contributed by atoms with Gasteiger partial charge in [0.05, 0.1) is 23.0 Å². The molecule has 1 aliphatic heterocycles. The third-order valence-corrected chi connectivity index (χ3v) is 6.12. The smallest absolute Gasteiger partial charge is 0.257 e. The average molecular weight is 361 g/mol. The highest BCUT2D eigenvalue weighted by molar-refractivity contribution is 6.00. The van der Waals surface area contributed by atoms with Crippen molar-refractivity contribution in [1.82, 2.24) is 24.5 Å². The van der Waals surface area contributed by atoms with Gasteiger partial charge in [-0.2, -0.15) is 5.10 Å². The molecular formula is C21H23N5O. The Morgan fingerprint density at radius 1 is 1.19 bits per heavy atom. The van der Waals surface area contributed by atoms with Crippen LogP contribution in [0.3, 0.4) is 0 Å². The maximum Gasteiger partial charge on any atom is 0.257 e. The molecule has 1 spiro atoms. The lowest BCUT2D eigenvalue weighted by molar-refractivity contribution is 0.0635. The number of piperidine rings is 1. The molecule has 6 nitrogen and oxygen atoms in total. The predicted octanol–water partition coefficient (Wildman–Crippen LogP) is 2.86. The number of aromatic nitrogens is 4. The zero-order valence-corrected chi connectivity index (χ0v) is 15.8. The number of pyridine rings is 1. The largest absolute Gasteiger partial charge is 0.338 e. The molecule has 138 valence electrons. The van der Waals surface area contributed by atoms with Gasteiger partial charge in [-0.15, -0.1) is 0 Å². The lowest BCUT2D eigenvalue weighted by atomic mass is 9.77. The first kappa shape index (κ1) is 16.4. The number of rotatable bonds is 1. The highest BCUT2D eigenvalue weighted by atomic mass is 16.2. The predicted molar refractivity (Wildman–Crippen MR) is 102 cm³/mol. The van der Waals surface area contributed by atoms with Gasteiger partial charge in [0.25, 0.3) is 5.91 Å². The first-order chi connectivity index (χ1) is 13.1. The second-order valence-electron chi connectivity index (χ2n) is 8.00. The molecule has 0 radical (unpaired) electrons. The zero-order valence-electron chi connectivity index (χ0n) is 15.8. The molecule has 1 atom stereocenters. The highest BCUT2D eigenvalue weighted by Gasteiger charge is 2.44. The number of hydrogen-bond acceptors (Lipinski definition) is 4. The lowest BCUT2D eigenvalue weighted by Gasteiger charge is -2.40. The van der Waals surface area contributed by atoms with Gasteiger partial charge in [0.2, 0.25) is 0 Å². The molecule has 0 N–H and O–H groups in total. The lowest BCUT2D eigenvalue weighted by Crippen LogP contribution is -2.48. The molecule has 0 bridgehead atoms. The Morgan fingerprint density at radius 3 is 2.96 bits per heavy atom. The second kappa shape index (κ2) is 5.87. The molecular weight excluding hydrogens is 338 g/mol. The van der Waals surface area contributed by atoms with E-state index < -0.39 is 0 Å². The van der Waals surface area contributed by atoms with Crippen molar-refractivity contribution >= 4 is 11.4 Å². The fraction of sp³-hybridized carbons (Fsp3) is 0.429. The van der Waals surface area contributed by atoms with Gasteiger partial charge in [-0.3, -0.25) is 4.79 Å². The van der Waals surface area contributed by atoms with Crippen LogP contribution in [0.4, 0.5) is 0 Å². The maximum atomic E-state index is 13.3. The van der Waals surface area contributed by atoms with Gasteiger partial charge in [0, 0.05) is 30.9 Å². The van der Waals surface area contributed by atoms with E-state index in [2.05, 4.69) is 10.1 Å². The number of fused-ring (bicyclic) bond motifs is 3. The zero-order chi connectivity index (χ0) is 18.6. The molecule has 27 heavy (non-hydrogen) atoms. The molecule has 6 heteroatoms. The van der Waals surface area contributed by atoms with Crippen molar-refractivity contribution in [2.75, 3.05) is 13.1 Å². The van der Waals surface area contributed by atoms with Gasteiger partial charge >= 0.3 is 0 Å². The minimum absolute atomic E-state index is 0.0174. The quantitative estimate of drug-likeness (QED) is 0.669. The fourth-order valence-corrected chi connectivity index (χ4v) is 4.75. The highest BCUT2D eigenvalue weighted by Crippen LogP contribution is 2.44. The van der Waals surface area contributed by atoms with Gasteiger partial charge in [-0.1, -0.05) is 6.07 Å². The summed E-state index contributed by atoms with van der Waals surface area (Å²) in [7, 11) is 0. The molecule has 3 aromatic heterocycles. The van der Waals surface area contributed by atoms with Gasteiger partial charge in [-0.05, 0) is 56.7 Å². The molecule has 0 aromatic carbocycles. The van der Waals surface area contributed by atoms with Crippen molar-refractivity contribution in [3.8, 4) is 0 Å². The fourth-order valence-electron chi connectivity index (χ4n) is 4.75. The summed E-state index contributed by atoms with van der Waals surface area (Å²) in [5.41, 5.74) is 5.08. The Labute approximate surface area is 158 Å². The standard InChI is InChI=1S/C21H23N5O/c1-14-4-5-18-17(11-23-26(18)12-14)20(27)25-9-3-7-21(13-25)8-6-16-10-22-15(2)24-19(16)21/h4-5,10-12H,3,6-9,13H2,1-2H3. The van der Waals surface area contributed by atoms with Crippen LogP contribution >= 0.6 is 0 Å². The number of amides is 1. The van der Waals surface area contributed by atoms with Crippen molar-refractivity contribution in [2.45, 2.75) is 44.9 Å². The van der Waals surface area contributed by atoms with Crippen LogP contribution in [0.25, 0.3) is 5.52 Å². The Balaban J connectivity index is 1.48. The summed E-state index contributed by atoms with van der Waals surface area (Å²) in [5, 5.41) is 4.38. The maximum absolute atomic E-state index is 13.3. The number of carbonyl (C=O) groups is 1. The van der Waals surface area contributed by atoms with E-state index >= 15 is 0 Å². The topological polar surface area (TPSA) is 63.4 Å². The van der Waals surface area contributed by atoms with Crippen LogP contribution in [0.5, 0.6) is 0 Å². The molecule has 5 rings (SSSR count). The van der Waals surface area contributed by atoms with Crippen LogP contribution in [0.2, 0.25) is 0 Å². The number of likely N-dealkylation sites (tertiary alicyclic amines) is 1. The Morgan fingerprint density at radius 2 is 2.07 bits per heavy atom. The van der Waals surface area contributed by atoms with Crippen LogP contribution < -0.4 is 0 Å². The molecule has 2 aliphatic rings. The van der Waals surface area contributed by atoms with Crippen LogP contribution in [0.15, 0.2) is 30.7 Å². The summed E-state index contributed by atoms with van der Waals surface area (Å²) < 4.78 is 1.80. The first-order valence-corrected chi connectivity index (χ1v) is 9.62. The summed E-state index contributed by atoms with van der Waals surface area (Å²) in [5.74, 6) is 0.892. The monoisotopic (exact) mass is 361 g/mol. The molecule has 1 amide bonds. The Bertz CT molecular complexity index is 1050. The number of nitrogens with zero attached hydrogens (tertiary/aromatic N) is 5. The molecule has 4 heterocycles. The number of carbonyl (C=O) groups excluding carboxylic acids is 1. The summed E-state index contributed by atoms with van der Waals surface area (Å²) in [6.45, 7) is 5.50. The van der Waals surface area contributed by atoms with Crippen molar-refractivity contribution in [3.63, 3.8) is 0 Å². The number of hydrogen-bond donors (Lipinski definition) is 0. The minimum atomic E-state index is -0.0174. The molecule has 3 aromatic rings. The second-order valence-corrected chi connectivity index (χ2v) is 8.00. The third kappa shape index (κ3) is 2.54. The minimum Gasteiger partial charge on any atom is -0.338 e. The normalized spacial score (nSPS) is 21.8. The van der Waals surface area contributed by atoms with Crippen molar-refractivity contribution in [2.24, 2.45) is 0 Å². The van der Waals surface area contributed by atoms with Gasteiger partial charge in [-0.25, -0.2) is 14.5 Å². The van der Waals surface area contributed by atoms with E-state index in [1.165, 1.54) is 11.3 Å². The van der Waals surface area contributed by atoms with Crippen LogP contribution in [0.1, 0.15) is 52.3 Å². The van der Waals surface area contributed by atoms with E-state index in [0.29, 0.717) is 5.56 Å². The van der Waals surface area contributed by atoms with Crippen molar-refractivity contribution < 1.29 is 4.79 Å². The average Bonchev–Trinajstić information content (AvgIpc) is 3.23. The van der Waals surface area contributed by atoms with Crippen LogP contribution in [0, 0.1) is 13.8 Å². The van der Waals surface area contributed by atoms with E-state index in [1.807, 2.05) is 43.3 Å². The summed E-state index contributed by atoms with van der Waals surface area (Å²) >= 11 is 0. The van der Waals surface area contributed by atoms with Crippen molar-refractivity contribution in [3.05, 3.63) is 58.9 Å². The Hall–Kier alpha value is -2.76. The molecule has 0 saturated carbocycles. The summed E-state index contributed by atoms with van der Waals surface area (Å²) in [6.07, 6.45) is 9.79. The van der Waals surface area contributed by atoms with Gasteiger partial charge in [0.1, 0.15) is 5.82 Å². The van der Waals surface area contributed by atoms with Gasteiger partial charge < -0.3 is 4.90 Å². The SMILES string of the molecule is Cc1ccc2c(C(=O)N3CCCC4(CCc5cnc(C)nc54)C3)cnn2c1. The van der Waals surface area contributed by atoms with E-state index in [0.717, 1.165) is 55.7 Å². The van der Waals surface area contributed by atoms with Crippen LogP contribution in [-0.4, -0.2) is 43.5 Å². The molecule has 1 aliphatic carbocycles. The first-order valence-electron chi connectivity index (χ1n) is 9.62. The van der Waals surface area contributed by atoms with Gasteiger partial charge in [0.15, 0.2) is 0 Å². The Kier molecular flexibility index (Phi) is 3.57. The van der Waals surface area contributed by atoms with E-state index in [4.69, 9.17) is 4.98 Å². The summed E-state index contributed by atoms with van der Waals surface area (Å²) in [4.78, 5) is 24.5. The van der Waals surface area contributed by atoms with Crippen LogP contribution in [-0.2, 0) is 11.8 Å². The van der Waals surface area contributed by atoms with E-state index in [9.17, 15) is 4.79 Å².